The fourth-order valence-electron chi connectivity index (χ4n) is 2.28. The lowest BCUT2D eigenvalue weighted by Gasteiger charge is -2.16. The number of hydrogen-bond donors (Lipinski definition) is 1. The van der Waals surface area contributed by atoms with Crippen molar-refractivity contribution in [2.24, 2.45) is 0 Å². The van der Waals surface area contributed by atoms with Gasteiger partial charge in [0.2, 0.25) is 11.8 Å². The second kappa shape index (κ2) is 7.43. The highest BCUT2D eigenvalue weighted by Gasteiger charge is 2.19. The first-order valence-electron chi connectivity index (χ1n) is 7.16. The lowest BCUT2D eigenvalue weighted by Crippen LogP contribution is -2.23. The Bertz CT molecular complexity index is 576. The molecule has 0 aromatic heterocycles. The summed E-state index contributed by atoms with van der Waals surface area (Å²) in [5.74, 6) is 0.0428. The van der Waals surface area contributed by atoms with Crippen molar-refractivity contribution in [3.05, 3.63) is 54.1 Å². The van der Waals surface area contributed by atoms with Gasteiger partial charge < -0.3 is 10.2 Å². The lowest BCUT2D eigenvalue weighted by atomic mass is 10.2. The van der Waals surface area contributed by atoms with Crippen molar-refractivity contribution in [1.82, 2.24) is 4.90 Å². The summed E-state index contributed by atoms with van der Waals surface area (Å²) in [5, 5.41) is 2.81. The third-order valence-corrected chi connectivity index (χ3v) is 3.29. The Hall–Kier alpha value is -2.36. The van der Waals surface area contributed by atoms with Crippen LogP contribution in [0.1, 0.15) is 25.3 Å². The number of nitrogens with one attached hydrogen (secondary N) is 1. The second-order valence-electron chi connectivity index (χ2n) is 4.99. The molecule has 0 unspecified atom stereocenters. The van der Waals surface area contributed by atoms with E-state index in [9.17, 15) is 9.59 Å². The zero-order valence-corrected chi connectivity index (χ0v) is 12.2. The van der Waals surface area contributed by atoms with Gasteiger partial charge in [-0.3, -0.25) is 9.59 Å². The van der Waals surface area contributed by atoms with Crippen molar-refractivity contribution < 1.29 is 9.59 Å². The summed E-state index contributed by atoms with van der Waals surface area (Å²) in [7, 11) is 0. The number of anilines is 1. The maximum absolute atomic E-state index is 11.7. The topological polar surface area (TPSA) is 49.4 Å². The number of benzene rings is 1. The number of nitrogens with zero attached hydrogens (tertiary/aromatic N) is 1. The van der Waals surface area contributed by atoms with Gasteiger partial charge >= 0.3 is 0 Å². The lowest BCUT2D eigenvalue weighted by molar-refractivity contribution is -0.128. The van der Waals surface area contributed by atoms with E-state index in [4.69, 9.17) is 0 Å². The molecular formula is C17H20N2O2. The van der Waals surface area contributed by atoms with Gasteiger partial charge in [0.1, 0.15) is 0 Å². The van der Waals surface area contributed by atoms with Crippen molar-refractivity contribution in [3.63, 3.8) is 0 Å². The van der Waals surface area contributed by atoms with E-state index in [1.807, 2.05) is 42.2 Å². The predicted molar refractivity (Wildman–Crippen MR) is 83.7 cm³/mol. The van der Waals surface area contributed by atoms with Crippen molar-refractivity contribution in [1.29, 1.82) is 0 Å². The number of hydrogen-bond acceptors (Lipinski definition) is 2. The smallest absolute Gasteiger partial charge is 0.248 e. The monoisotopic (exact) mass is 284 g/mol. The largest absolute Gasteiger partial charge is 0.338 e. The predicted octanol–water partition coefficient (Wildman–Crippen LogP) is 2.88. The molecular weight excluding hydrogens is 264 g/mol. The Kier molecular flexibility index (Phi) is 5.32. The van der Waals surface area contributed by atoms with Crippen LogP contribution in [0.4, 0.5) is 5.69 Å². The maximum Gasteiger partial charge on any atom is 0.248 e. The standard InChI is InChI=1S/C17H20N2O2/c1-2-3-4-9-16(20)18-15-8-5-7-14(12-15)13-19-11-6-10-17(19)21/h2-5,7-9,12H,6,10-11,13H2,1H3,(H,18,20)/b3-2+,9-4+. The summed E-state index contributed by atoms with van der Waals surface area (Å²) in [5.41, 5.74) is 1.77. The molecule has 0 bridgehead atoms. The molecule has 0 spiro atoms. The highest BCUT2D eigenvalue weighted by Crippen LogP contribution is 2.17. The van der Waals surface area contributed by atoms with Crippen LogP contribution < -0.4 is 5.32 Å². The second-order valence-corrected chi connectivity index (χ2v) is 4.99. The van der Waals surface area contributed by atoms with Crippen molar-refractivity contribution >= 4 is 17.5 Å². The Morgan fingerprint density at radius 3 is 2.95 bits per heavy atom. The van der Waals surface area contributed by atoms with Gasteiger partial charge in [0, 0.05) is 31.3 Å². The average molecular weight is 284 g/mol. The van der Waals surface area contributed by atoms with E-state index < -0.39 is 0 Å². The molecule has 110 valence electrons. The zero-order valence-electron chi connectivity index (χ0n) is 12.2. The first-order valence-corrected chi connectivity index (χ1v) is 7.16. The summed E-state index contributed by atoms with van der Waals surface area (Å²) in [6, 6.07) is 7.61. The Balaban J connectivity index is 1.97. The highest BCUT2D eigenvalue weighted by molar-refractivity contribution is 5.99. The van der Waals surface area contributed by atoms with E-state index >= 15 is 0 Å². The van der Waals surface area contributed by atoms with Crippen LogP contribution in [-0.2, 0) is 16.1 Å². The molecule has 1 aromatic rings. The molecule has 0 radical (unpaired) electrons. The quantitative estimate of drug-likeness (QED) is 0.667. The molecule has 1 fully saturated rings. The minimum atomic E-state index is -0.164. The molecule has 1 heterocycles. The molecule has 1 aromatic carbocycles. The molecule has 21 heavy (non-hydrogen) atoms. The first-order chi connectivity index (χ1) is 10.2. The number of carbonyl (C=O) groups is 2. The van der Waals surface area contributed by atoms with Gasteiger partial charge in [-0.05, 0) is 31.0 Å². The van der Waals surface area contributed by atoms with Crippen molar-refractivity contribution in [2.45, 2.75) is 26.3 Å². The maximum atomic E-state index is 11.7. The van der Waals surface area contributed by atoms with Gasteiger partial charge in [-0.15, -0.1) is 0 Å². The normalized spacial score (nSPS) is 15.3. The molecule has 0 saturated carbocycles. The molecule has 4 nitrogen and oxygen atoms in total. The molecule has 2 amide bonds. The van der Waals surface area contributed by atoms with E-state index in [0.717, 1.165) is 24.2 Å². The van der Waals surface area contributed by atoms with Gasteiger partial charge in [0.25, 0.3) is 0 Å². The van der Waals surface area contributed by atoms with Crippen LogP contribution in [0.3, 0.4) is 0 Å². The number of amides is 2. The van der Waals surface area contributed by atoms with Crippen LogP contribution in [0.5, 0.6) is 0 Å². The van der Waals surface area contributed by atoms with Gasteiger partial charge in [0.15, 0.2) is 0 Å². The molecule has 1 aliphatic rings. The molecule has 1 saturated heterocycles. The summed E-state index contributed by atoms with van der Waals surface area (Å²) in [6.07, 6.45) is 8.42. The summed E-state index contributed by atoms with van der Waals surface area (Å²) >= 11 is 0. The van der Waals surface area contributed by atoms with E-state index in [1.54, 1.807) is 12.2 Å². The summed E-state index contributed by atoms with van der Waals surface area (Å²) in [4.78, 5) is 25.2. The van der Waals surface area contributed by atoms with Crippen LogP contribution >= 0.6 is 0 Å². The van der Waals surface area contributed by atoms with E-state index in [2.05, 4.69) is 5.32 Å². The minimum Gasteiger partial charge on any atom is -0.338 e. The van der Waals surface area contributed by atoms with Gasteiger partial charge in [-0.2, -0.15) is 0 Å². The minimum absolute atomic E-state index is 0.164. The van der Waals surface area contributed by atoms with Crippen LogP contribution in [0, 0.1) is 0 Å². The molecule has 0 atom stereocenters. The van der Waals surface area contributed by atoms with Crippen molar-refractivity contribution in [3.8, 4) is 0 Å². The van der Waals surface area contributed by atoms with Crippen LogP contribution in [0.2, 0.25) is 0 Å². The zero-order chi connectivity index (χ0) is 15.1. The third-order valence-electron chi connectivity index (χ3n) is 3.29. The van der Waals surface area contributed by atoms with Gasteiger partial charge in [-0.1, -0.05) is 30.4 Å². The first kappa shape index (κ1) is 15.0. The SMILES string of the molecule is C/C=C/C=C/C(=O)Nc1cccc(CN2CCCC2=O)c1. The Labute approximate surface area is 125 Å². The van der Waals surface area contributed by atoms with E-state index in [1.165, 1.54) is 6.08 Å². The third kappa shape index (κ3) is 4.60. The number of likely N-dealkylation sites (tertiary alicyclic amines) is 1. The molecule has 2 rings (SSSR count). The molecule has 4 heteroatoms. The molecule has 1 N–H and O–H groups in total. The fourth-order valence-corrected chi connectivity index (χ4v) is 2.28. The highest BCUT2D eigenvalue weighted by atomic mass is 16.2. The number of carbonyl (C=O) groups excluding carboxylic acids is 2. The van der Waals surface area contributed by atoms with E-state index in [0.29, 0.717) is 13.0 Å². The van der Waals surface area contributed by atoms with Crippen molar-refractivity contribution in [2.75, 3.05) is 11.9 Å². The van der Waals surface area contributed by atoms with E-state index in [-0.39, 0.29) is 11.8 Å². The van der Waals surface area contributed by atoms with Crippen LogP contribution in [0.15, 0.2) is 48.6 Å². The fraction of sp³-hybridized carbons (Fsp3) is 0.294. The Morgan fingerprint density at radius 1 is 1.38 bits per heavy atom. The number of allylic oxidation sites excluding steroid dienone is 3. The summed E-state index contributed by atoms with van der Waals surface area (Å²) in [6.45, 7) is 3.32. The van der Waals surface area contributed by atoms with Crippen LogP contribution in [-0.4, -0.2) is 23.3 Å². The van der Waals surface area contributed by atoms with Crippen LogP contribution in [0.25, 0.3) is 0 Å². The average Bonchev–Trinajstić information content (AvgIpc) is 2.85. The van der Waals surface area contributed by atoms with Gasteiger partial charge in [0.05, 0.1) is 0 Å². The molecule has 1 aliphatic heterocycles. The Morgan fingerprint density at radius 2 is 2.24 bits per heavy atom. The number of rotatable bonds is 5. The summed E-state index contributed by atoms with van der Waals surface area (Å²) < 4.78 is 0. The van der Waals surface area contributed by atoms with Gasteiger partial charge in [-0.25, -0.2) is 0 Å². The molecule has 0 aliphatic carbocycles.